The van der Waals surface area contributed by atoms with Gasteiger partial charge in [0.25, 0.3) is 17.4 Å². The SMILES string of the molecule is CC(C)(C)[Si](C)(C)Oc1c(Cl)cc(S(=O)(=O)Cl)cc1Cl. The van der Waals surface area contributed by atoms with Gasteiger partial charge in [-0.05, 0) is 30.3 Å². The van der Waals surface area contributed by atoms with Gasteiger partial charge in [0.2, 0.25) is 0 Å². The fourth-order valence-electron chi connectivity index (χ4n) is 1.18. The molecule has 3 nitrogen and oxygen atoms in total. The van der Waals surface area contributed by atoms with Crippen LogP contribution in [-0.2, 0) is 9.05 Å². The van der Waals surface area contributed by atoms with Crippen molar-refractivity contribution < 1.29 is 12.8 Å². The minimum atomic E-state index is -3.88. The first kappa shape index (κ1) is 18.1. The summed E-state index contributed by atoms with van der Waals surface area (Å²) in [5, 5.41) is 0.250. The van der Waals surface area contributed by atoms with Crippen LogP contribution in [0.15, 0.2) is 17.0 Å². The Morgan fingerprint density at radius 3 is 1.80 bits per heavy atom. The number of hydrogen-bond acceptors (Lipinski definition) is 3. The minimum Gasteiger partial charge on any atom is -0.542 e. The molecule has 0 atom stereocenters. The molecule has 0 N–H and O–H groups in total. The Kier molecular flexibility index (Phi) is 5.15. The van der Waals surface area contributed by atoms with Crippen LogP contribution >= 0.6 is 33.9 Å². The number of rotatable bonds is 3. The monoisotopic (exact) mass is 374 g/mol. The van der Waals surface area contributed by atoms with Crippen LogP contribution in [0, 0.1) is 0 Å². The summed E-state index contributed by atoms with van der Waals surface area (Å²) in [5.74, 6) is 0.309. The zero-order chi connectivity index (χ0) is 15.9. The van der Waals surface area contributed by atoms with Gasteiger partial charge in [0.05, 0.1) is 14.9 Å². The van der Waals surface area contributed by atoms with E-state index in [1.54, 1.807) is 0 Å². The highest BCUT2D eigenvalue weighted by molar-refractivity contribution is 8.13. The third kappa shape index (κ3) is 4.04. The predicted octanol–water partition coefficient (Wildman–Crippen LogP) is 5.30. The van der Waals surface area contributed by atoms with Crippen molar-refractivity contribution in [2.45, 2.75) is 43.8 Å². The van der Waals surface area contributed by atoms with Crippen molar-refractivity contribution >= 4 is 51.3 Å². The van der Waals surface area contributed by atoms with Gasteiger partial charge in [-0.3, -0.25) is 0 Å². The highest BCUT2D eigenvalue weighted by atomic mass is 35.7. The standard InChI is InChI=1S/C12H17Cl3O3SSi/c1-12(2,3)20(4,5)18-11-9(13)6-8(7-10(11)14)19(15,16)17/h6-7H,1-5H3. The lowest BCUT2D eigenvalue weighted by molar-refractivity contribution is 0.492. The van der Waals surface area contributed by atoms with Crippen molar-refractivity contribution in [2.75, 3.05) is 0 Å². The molecule has 0 amide bonds. The van der Waals surface area contributed by atoms with Gasteiger partial charge in [-0.2, -0.15) is 0 Å². The van der Waals surface area contributed by atoms with Crippen molar-refractivity contribution in [3.8, 4) is 5.75 Å². The molecule has 0 saturated carbocycles. The number of benzene rings is 1. The van der Waals surface area contributed by atoms with Crippen molar-refractivity contribution in [1.29, 1.82) is 0 Å². The summed E-state index contributed by atoms with van der Waals surface area (Å²) in [4.78, 5) is -0.142. The molecule has 0 bridgehead atoms. The largest absolute Gasteiger partial charge is 0.542 e. The van der Waals surface area contributed by atoms with Crippen LogP contribution in [0.5, 0.6) is 5.75 Å². The fraction of sp³-hybridized carbons (Fsp3) is 0.500. The summed E-state index contributed by atoms with van der Waals surface area (Å²) < 4.78 is 28.7. The molecule has 1 aromatic carbocycles. The van der Waals surface area contributed by atoms with Crippen LogP contribution in [0.3, 0.4) is 0 Å². The summed E-state index contributed by atoms with van der Waals surface area (Å²) in [6.07, 6.45) is 0. The lowest BCUT2D eigenvalue weighted by Gasteiger charge is -2.37. The first-order chi connectivity index (χ1) is 8.75. The smallest absolute Gasteiger partial charge is 0.261 e. The Morgan fingerprint density at radius 1 is 1.10 bits per heavy atom. The van der Waals surface area contributed by atoms with Crippen LogP contribution < -0.4 is 4.43 Å². The Bertz CT molecular complexity index is 598. The van der Waals surface area contributed by atoms with Crippen molar-refractivity contribution in [3.63, 3.8) is 0 Å². The molecule has 114 valence electrons. The van der Waals surface area contributed by atoms with Gasteiger partial charge >= 0.3 is 0 Å². The maximum Gasteiger partial charge on any atom is 0.261 e. The first-order valence-electron chi connectivity index (χ1n) is 5.88. The lowest BCUT2D eigenvalue weighted by Crippen LogP contribution is -2.44. The average Bonchev–Trinajstić information content (AvgIpc) is 2.20. The highest BCUT2D eigenvalue weighted by Gasteiger charge is 2.40. The number of halogens is 3. The van der Waals surface area contributed by atoms with Crippen LogP contribution in [0.2, 0.25) is 28.2 Å². The van der Waals surface area contributed by atoms with E-state index in [1.165, 1.54) is 12.1 Å². The van der Waals surface area contributed by atoms with Crippen molar-refractivity contribution in [1.82, 2.24) is 0 Å². The lowest BCUT2D eigenvalue weighted by atomic mass is 10.2. The van der Waals surface area contributed by atoms with E-state index in [1.807, 2.05) is 13.1 Å². The molecule has 0 aliphatic rings. The molecule has 0 spiro atoms. The second-order valence-corrected chi connectivity index (χ2v) is 14.1. The molecule has 0 fully saturated rings. The number of hydrogen-bond donors (Lipinski definition) is 0. The molecule has 0 unspecified atom stereocenters. The average molecular weight is 376 g/mol. The molecule has 1 rings (SSSR count). The molecule has 1 aromatic rings. The second kappa shape index (κ2) is 5.69. The van der Waals surface area contributed by atoms with Gasteiger partial charge in [-0.15, -0.1) is 0 Å². The molecule has 0 aliphatic carbocycles. The van der Waals surface area contributed by atoms with Crippen LogP contribution in [0.1, 0.15) is 20.8 Å². The van der Waals surface area contributed by atoms with Gasteiger partial charge in [0.15, 0.2) is 0 Å². The molecule has 20 heavy (non-hydrogen) atoms. The van der Waals surface area contributed by atoms with Gasteiger partial charge in [-0.1, -0.05) is 44.0 Å². The second-order valence-electron chi connectivity index (χ2n) is 6.02. The maximum atomic E-state index is 11.3. The van der Waals surface area contributed by atoms with Gasteiger partial charge in [0, 0.05) is 10.7 Å². The summed E-state index contributed by atoms with van der Waals surface area (Å²) >= 11 is 12.2. The van der Waals surface area contributed by atoms with E-state index in [0.717, 1.165) is 0 Å². The van der Waals surface area contributed by atoms with E-state index < -0.39 is 17.4 Å². The summed E-state index contributed by atoms with van der Waals surface area (Å²) in [5.41, 5.74) is 0. The zero-order valence-corrected chi connectivity index (χ0v) is 16.0. The van der Waals surface area contributed by atoms with Crippen molar-refractivity contribution in [3.05, 3.63) is 22.2 Å². The van der Waals surface area contributed by atoms with E-state index in [0.29, 0.717) is 5.75 Å². The first-order valence-corrected chi connectivity index (χ1v) is 11.9. The summed E-state index contributed by atoms with van der Waals surface area (Å²) in [6.45, 7) is 10.3. The molecule has 0 aliphatic heterocycles. The quantitative estimate of drug-likeness (QED) is 0.531. The van der Waals surface area contributed by atoms with E-state index in [-0.39, 0.29) is 20.0 Å². The fourth-order valence-corrected chi connectivity index (χ4v) is 3.83. The molecule has 0 heterocycles. The molecule has 8 heteroatoms. The van der Waals surface area contributed by atoms with E-state index in [4.69, 9.17) is 38.3 Å². The predicted molar refractivity (Wildman–Crippen MR) is 87.3 cm³/mol. The van der Waals surface area contributed by atoms with E-state index in [2.05, 4.69) is 20.8 Å². The normalized spacial score (nSPS) is 13.4. The molecule has 0 radical (unpaired) electrons. The van der Waals surface area contributed by atoms with E-state index in [9.17, 15) is 8.42 Å². The van der Waals surface area contributed by atoms with Gasteiger partial charge in [0.1, 0.15) is 5.75 Å². The topological polar surface area (TPSA) is 43.4 Å². The highest BCUT2D eigenvalue weighted by Crippen LogP contribution is 2.43. The molecule has 0 aromatic heterocycles. The van der Waals surface area contributed by atoms with Crippen LogP contribution in [0.25, 0.3) is 0 Å². The van der Waals surface area contributed by atoms with Crippen molar-refractivity contribution in [2.24, 2.45) is 0 Å². The maximum absolute atomic E-state index is 11.3. The molecular weight excluding hydrogens is 359 g/mol. The Hall–Kier alpha value is 0.0569. The third-order valence-corrected chi connectivity index (χ3v) is 9.64. The Balaban J connectivity index is 3.30. The minimum absolute atomic E-state index is 0.0309. The Morgan fingerprint density at radius 2 is 1.50 bits per heavy atom. The van der Waals surface area contributed by atoms with Gasteiger partial charge in [-0.25, -0.2) is 8.42 Å². The van der Waals surface area contributed by atoms with Gasteiger partial charge < -0.3 is 4.43 Å². The molecule has 0 saturated heterocycles. The summed E-state index contributed by atoms with van der Waals surface area (Å²) in [7, 11) is -0.717. The Labute approximate surface area is 135 Å². The van der Waals surface area contributed by atoms with Crippen LogP contribution in [-0.4, -0.2) is 16.7 Å². The zero-order valence-electron chi connectivity index (χ0n) is 11.9. The van der Waals surface area contributed by atoms with Crippen LogP contribution in [0.4, 0.5) is 0 Å². The summed E-state index contributed by atoms with van der Waals surface area (Å²) in [6, 6.07) is 2.50. The third-order valence-electron chi connectivity index (χ3n) is 3.42. The molecular formula is C12H17Cl3O3SSi. The van der Waals surface area contributed by atoms with E-state index >= 15 is 0 Å².